The Bertz CT molecular complexity index is 673. The van der Waals surface area contributed by atoms with E-state index in [0.29, 0.717) is 11.1 Å². The minimum absolute atomic E-state index is 0.105. The number of carbonyl (C=O) groups excluding carboxylic acids is 1. The molecule has 1 aromatic heterocycles. The summed E-state index contributed by atoms with van der Waals surface area (Å²) < 4.78 is 0. The molecule has 0 aliphatic heterocycles. The van der Waals surface area contributed by atoms with E-state index in [-0.39, 0.29) is 5.78 Å². The Morgan fingerprint density at radius 2 is 1.95 bits per heavy atom. The van der Waals surface area contributed by atoms with Crippen molar-refractivity contribution in [2.45, 2.75) is 20.8 Å². The molecule has 0 atom stereocenters. The molecule has 0 aliphatic rings. The maximum atomic E-state index is 12.3. The molecule has 0 N–H and O–H groups in total. The Labute approximate surface area is 118 Å². The second kappa shape index (κ2) is 5.26. The fourth-order valence-corrected chi connectivity index (χ4v) is 1.88. The van der Waals surface area contributed by atoms with Crippen molar-refractivity contribution >= 4 is 5.78 Å². The van der Waals surface area contributed by atoms with Gasteiger partial charge in [-0.15, -0.1) is 0 Å². The maximum absolute atomic E-state index is 12.3. The van der Waals surface area contributed by atoms with E-state index in [9.17, 15) is 4.79 Å². The van der Waals surface area contributed by atoms with Gasteiger partial charge in [0.05, 0.1) is 11.3 Å². The second-order valence-corrected chi connectivity index (χ2v) is 5.70. The van der Waals surface area contributed by atoms with Crippen molar-refractivity contribution in [3.63, 3.8) is 0 Å². The van der Waals surface area contributed by atoms with E-state index < -0.39 is 5.41 Å². The highest BCUT2D eigenvalue weighted by Gasteiger charge is 2.22. The molecular formula is C17H16N2O. The van der Waals surface area contributed by atoms with Gasteiger partial charge in [-0.1, -0.05) is 39.0 Å². The lowest BCUT2D eigenvalue weighted by Crippen LogP contribution is -2.20. The zero-order chi connectivity index (χ0) is 14.8. The van der Waals surface area contributed by atoms with Crippen LogP contribution in [-0.4, -0.2) is 10.8 Å². The van der Waals surface area contributed by atoms with Gasteiger partial charge in [0.15, 0.2) is 5.78 Å². The van der Waals surface area contributed by atoms with Crippen LogP contribution in [-0.2, 0) is 0 Å². The van der Waals surface area contributed by atoms with Gasteiger partial charge in [0.25, 0.3) is 0 Å². The highest BCUT2D eigenvalue weighted by Crippen LogP contribution is 2.24. The van der Waals surface area contributed by atoms with Crippen LogP contribution < -0.4 is 0 Å². The summed E-state index contributed by atoms with van der Waals surface area (Å²) in [6, 6.07) is 13.0. The van der Waals surface area contributed by atoms with Crippen molar-refractivity contribution in [1.82, 2.24) is 4.98 Å². The van der Waals surface area contributed by atoms with Crippen molar-refractivity contribution in [3.8, 4) is 17.3 Å². The number of Topliss-reactive ketones (excluding diaryl/α,β-unsaturated/α-hetero) is 1. The number of hydrogen-bond acceptors (Lipinski definition) is 3. The van der Waals surface area contributed by atoms with Crippen LogP contribution in [0.5, 0.6) is 0 Å². The molecule has 100 valence electrons. The quantitative estimate of drug-likeness (QED) is 0.774. The topological polar surface area (TPSA) is 53.8 Å². The molecule has 0 aliphatic carbocycles. The third-order valence-electron chi connectivity index (χ3n) is 2.99. The van der Waals surface area contributed by atoms with Crippen LogP contribution in [0.2, 0.25) is 0 Å². The number of aromatic nitrogens is 1. The minimum Gasteiger partial charge on any atom is -0.294 e. The van der Waals surface area contributed by atoms with Crippen molar-refractivity contribution in [2.75, 3.05) is 0 Å². The fourth-order valence-electron chi connectivity index (χ4n) is 1.88. The third-order valence-corrected chi connectivity index (χ3v) is 2.99. The van der Waals surface area contributed by atoms with Crippen LogP contribution in [0.25, 0.3) is 11.3 Å². The van der Waals surface area contributed by atoms with Crippen LogP contribution in [0.15, 0.2) is 42.6 Å². The van der Waals surface area contributed by atoms with Crippen molar-refractivity contribution in [2.24, 2.45) is 5.41 Å². The van der Waals surface area contributed by atoms with E-state index >= 15 is 0 Å². The molecule has 20 heavy (non-hydrogen) atoms. The van der Waals surface area contributed by atoms with Gasteiger partial charge in [0, 0.05) is 22.7 Å². The summed E-state index contributed by atoms with van der Waals surface area (Å²) in [5, 5.41) is 8.77. The predicted octanol–water partition coefficient (Wildman–Crippen LogP) is 3.85. The lowest BCUT2D eigenvalue weighted by Gasteiger charge is -2.17. The van der Waals surface area contributed by atoms with Crippen LogP contribution in [0, 0.1) is 16.7 Å². The molecule has 0 unspecified atom stereocenters. The summed E-state index contributed by atoms with van der Waals surface area (Å²) in [5.74, 6) is 0.105. The molecule has 0 saturated carbocycles. The zero-order valence-electron chi connectivity index (χ0n) is 11.8. The number of rotatable bonds is 2. The van der Waals surface area contributed by atoms with Crippen LogP contribution in [0.4, 0.5) is 0 Å². The number of nitriles is 1. The van der Waals surface area contributed by atoms with Crippen LogP contribution in [0.1, 0.15) is 36.7 Å². The lowest BCUT2D eigenvalue weighted by atomic mass is 9.86. The first-order valence-electron chi connectivity index (χ1n) is 6.43. The number of nitrogens with zero attached hydrogens (tertiary/aromatic N) is 2. The molecule has 0 spiro atoms. The van der Waals surface area contributed by atoms with E-state index in [0.717, 1.165) is 11.3 Å². The zero-order valence-corrected chi connectivity index (χ0v) is 11.8. The molecule has 2 rings (SSSR count). The molecule has 0 radical (unpaired) electrons. The highest BCUT2D eigenvalue weighted by atomic mass is 16.1. The molecular weight excluding hydrogens is 248 g/mol. The smallest absolute Gasteiger partial charge is 0.168 e. The Hall–Kier alpha value is -2.47. The van der Waals surface area contributed by atoms with Gasteiger partial charge < -0.3 is 0 Å². The molecule has 0 saturated heterocycles. The summed E-state index contributed by atoms with van der Waals surface area (Å²) in [5.41, 5.74) is 2.44. The van der Waals surface area contributed by atoms with Gasteiger partial charge >= 0.3 is 0 Å². The predicted molar refractivity (Wildman–Crippen MR) is 78.2 cm³/mol. The van der Waals surface area contributed by atoms with Gasteiger partial charge in [0.2, 0.25) is 0 Å². The molecule has 1 heterocycles. The van der Waals surface area contributed by atoms with Gasteiger partial charge in [-0.2, -0.15) is 5.26 Å². The van der Waals surface area contributed by atoms with Crippen molar-refractivity contribution in [3.05, 3.63) is 53.7 Å². The summed E-state index contributed by atoms with van der Waals surface area (Å²) in [4.78, 5) is 16.5. The Balaban J connectivity index is 2.39. The number of pyridine rings is 1. The van der Waals surface area contributed by atoms with E-state index in [1.54, 1.807) is 12.1 Å². The first-order valence-corrected chi connectivity index (χ1v) is 6.43. The fraction of sp³-hybridized carbons (Fsp3) is 0.235. The van der Waals surface area contributed by atoms with Crippen LogP contribution in [0.3, 0.4) is 0 Å². The van der Waals surface area contributed by atoms with E-state index in [2.05, 4.69) is 4.98 Å². The van der Waals surface area contributed by atoms with Crippen molar-refractivity contribution < 1.29 is 4.79 Å². The maximum Gasteiger partial charge on any atom is 0.168 e. The summed E-state index contributed by atoms with van der Waals surface area (Å²) in [6.07, 6.45) is 1.54. The summed E-state index contributed by atoms with van der Waals surface area (Å²) in [6.45, 7) is 5.71. The monoisotopic (exact) mass is 264 g/mol. The first-order chi connectivity index (χ1) is 9.41. The van der Waals surface area contributed by atoms with Gasteiger partial charge in [0.1, 0.15) is 6.07 Å². The molecule has 1 aromatic carbocycles. The largest absolute Gasteiger partial charge is 0.294 e. The van der Waals surface area contributed by atoms with E-state index in [1.165, 1.54) is 6.20 Å². The average Bonchev–Trinajstić information content (AvgIpc) is 2.46. The highest BCUT2D eigenvalue weighted by molar-refractivity contribution is 6.00. The van der Waals surface area contributed by atoms with Gasteiger partial charge in [-0.05, 0) is 18.2 Å². The normalized spacial score (nSPS) is 10.9. The second-order valence-electron chi connectivity index (χ2n) is 5.70. The molecule has 3 heteroatoms. The van der Waals surface area contributed by atoms with Gasteiger partial charge in [-0.3, -0.25) is 9.78 Å². The lowest BCUT2D eigenvalue weighted by molar-refractivity contribution is 0.0858. The third kappa shape index (κ3) is 2.92. The number of carbonyl (C=O) groups is 1. The van der Waals surface area contributed by atoms with E-state index in [4.69, 9.17) is 5.26 Å². The SMILES string of the molecule is CC(C)(C)C(=O)c1cccc(-c2ccc(C#N)cn2)c1. The number of ketones is 1. The Morgan fingerprint density at radius 3 is 2.50 bits per heavy atom. The Kier molecular flexibility index (Phi) is 3.67. The standard InChI is InChI=1S/C17H16N2O/c1-17(2,3)16(20)14-6-4-5-13(9-14)15-8-7-12(10-18)11-19-15/h4-9,11H,1-3H3. The van der Waals surface area contributed by atoms with Gasteiger partial charge in [-0.25, -0.2) is 0 Å². The van der Waals surface area contributed by atoms with E-state index in [1.807, 2.05) is 51.1 Å². The summed E-state index contributed by atoms with van der Waals surface area (Å²) >= 11 is 0. The molecule has 0 bridgehead atoms. The number of hydrogen-bond donors (Lipinski definition) is 0. The molecule has 3 nitrogen and oxygen atoms in total. The van der Waals surface area contributed by atoms with Crippen LogP contribution >= 0.6 is 0 Å². The van der Waals surface area contributed by atoms with Crippen molar-refractivity contribution in [1.29, 1.82) is 5.26 Å². The summed E-state index contributed by atoms with van der Waals surface area (Å²) in [7, 11) is 0. The first kappa shape index (κ1) is 14.0. The Morgan fingerprint density at radius 1 is 1.20 bits per heavy atom. The minimum atomic E-state index is -0.406. The molecule has 0 amide bonds. The average molecular weight is 264 g/mol. The molecule has 2 aromatic rings. The number of benzene rings is 1. The molecule has 0 fully saturated rings.